The van der Waals surface area contributed by atoms with Crippen LogP contribution in [0.1, 0.15) is 5.82 Å². The van der Waals surface area contributed by atoms with Gasteiger partial charge in [-0.25, -0.2) is 4.98 Å². The molecule has 0 aliphatic carbocycles. The second kappa shape index (κ2) is 10.5. The van der Waals surface area contributed by atoms with E-state index >= 15 is 0 Å². The third kappa shape index (κ3) is 4.33. The molecule has 0 atom stereocenters. The van der Waals surface area contributed by atoms with Gasteiger partial charge in [0.25, 0.3) is 0 Å². The lowest BCUT2D eigenvalue weighted by atomic mass is 9.42. The van der Waals surface area contributed by atoms with Crippen molar-refractivity contribution >= 4 is 123 Å². The van der Waals surface area contributed by atoms with Crippen LogP contribution in [0.5, 0.6) is 0 Å². The van der Waals surface area contributed by atoms with Crippen molar-refractivity contribution in [2.45, 2.75) is 5.11 Å². The number of nitrogens with zero attached hydrogens (tertiary/aromatic N) is 2. The summed E-state index contributed by atoms with van der Waals surface area (Å²) >= 11 is 0. The minimum Gasteiger partial charge on any atom is -0.296 e. The summed E-state index contributed by atoms with van der Waals surface area (Å²) in [5, 5.41) is 2.03. The average Bonchev–Trinajstić information content (AvgIpc) is 3.42. The Morgan fingerprint density at radius 3 is 1.75 bits per heavy atom. The molecule has 0 unspecified atom stereocenters. The number of fused-ring (bicyclic) bond motifs is 3. The van der Waals surface area contributed by atoms with Crippen LogP contribution < -0.4 is 27.3 Å². The number of aromatic nitrogens is 2. The van der Waals surface area contributed by atoms with Gasteiger partial charge in [0.1, 0.15) is 39.2 Å². The maximum absolute atomic E-state index is 6.51. The fraction of sp³-hybridized carbons (Fsp3) is 0.0294. The number of hydrogen-bond donors (Lipinski definition) is 0. The Bertz CT molecular complexity index is 2240. The monoisotopic (exact) mass is 540 g/mol. The van der Waals surface area contributed by atoms with E-state index in [-0.39, 0.29) is 27.3 Å². The van der Waals surface area contributed by atoms with Gasteiger partial charge in [-0.3, -0.25) is 4.57 Å². The van der Waals surface area contributed by atoms with Crippen LogP contribution in [0.2, 0.25) is 0 Å². The zero-order valence-electron chi connectivity index (χ0n) is 23.8. The normalized spacial score (nSPS) is 11.9. The van der Waals surface area contributed by atoms with Crippen molar-refractivity contribution in [1.29, 1.82) is 0 Å². The van der Waals surface area contributed by atoms with Crippen molar-refractivity contribution in [3.05, 3.63) is 103 Å². The van der Waals surface area contributed by atoms with Crippen LogP contribution in [0.15, 0.2) is 97.1 Å². The quantitative estimate of drug-likeness (QED) is 0.244. The Balaban J connectivity index is 1.70. The molecular weight excluding hydrogens is 523 g/mol. The van der Waals surface area contributed by atoms with Crippen LogP contribution in [0, 0.1) is 0 Å². The van der Waals surface area contributed by atoms with Gasteiger partial charge >= 0.3 is 0 Å². The summed E-state index contributed by atoms with van der Waals surface area (Å²) in [5.41, 5.74) is 6.70. The van der Waals surface area contributed by atoms with Crippen LogP contribution in [0.3, 0.4) is 0 Å². The summed E-state index contributed by atoms with van der Waals surface area (Å²) in [6.07, 6.45) is 0. The summed E-state index contributed by atoms with van der Waals surface area (Å²) in [6, 6.07) is 32.1. The molecule has 0 saturated heterocycles. The Hall–Kier alpha value is -4.17. The summed E-state index contributed by atoms with van der Waals surface area (Å²) in [7, 11) is 50.7. The van der Waals surface area contributed by atoms with Crippen LogP contribution in [-0.2, 0) is 5.11 Å². The lowest BCUT2D eigenvalue weighted by molar-refractivity contribution is 0.939. The van der Waals surface area contributed by atoms with E-state index < -0.39 is 5.11 Å². The Morgan fingerprint density at radius 2 is 1.07 bits per heavy atom. The van der Waals surface area contributed by atoms with Crippen molar-refractivity contribution < 1.29 is 0 Å². The second-order valence-electron chi connectivity index (χ2n) is 11.0. The first kappa shape index (κ1) is 28.6. The molecule has 0 amide bonds. The molecule has 0 aliphatic heterocycles. The van der Waals surface area contributed by atoms with E-state index in [1.807, 2.05) is 77.4 Å². The number of imidazole rings is 1. The molecule has 186 valence electrons. The summed E-state index contributed by atoms with van der Waals surface area (Å²) in [5.74, 6) is 0.314. The summed E-state index contributed by atoms with van der Waals surface area (Å²) in [4.78, 5) is 4.79. The van der Waals surface area contributed by atoms with E-state index in [2.05, 4.69) is 24.3 Å². The molecular formula is C34H16B8N2. The van der Waals surface area contributed by atoms with Crippen molar-refractivity contribution in [2.24, 2.45) is 0 Å². The SMILES string of the molecule is [B]c1c([B])c([B])c(-c2ccc3c(-n4c(C([B])([B])[B])nc5ccccc54)c4ccccc4c(-c4ccccc4)c3c2)c([B])c1[B]. The average molecular weight is 539 g/mol. The standard InChI is InChI=1S/C34H16B8N2/c35-27-26(28(36)30(38)31(39)29(27)37)18-14-15-21-22(16-18)25(17-8-2-1-3-9-17)19-10-4-5-11-20(19)32(21)44-24-13-7-6-12-23(24)43-33(44)34(40,41)42/h1-16H. The van der Waals surface area contributed by atoms with Crippen molar-refractivity contribution in [1.82, 2.24) is 9.55 Å². The van der Waals surface area contributed by atoms with Crippen molar-refractivity contribution in [3.63, 3.8) is 0 Å². The van der Waals surface area contributed by atoms with E-state index in [1.54, 1.807) is 0 Å². The third-order valence-electron chi connectivity index (χ3n) is 8.22. The van der Waals surface area contributed by atoms with E-state index in [0.717, 1.165) is 49.4 Å². The molecule has 16 radical (unpaired) electrons. The van der Waals surface area contributed by atoms with Gasteiger partial charge in [-0.1, -0.05) is 94.9 Å². The highest BCUT2D eigenvalue weighted by Crippen LogP contribution is 2.43. The Morgan fingerprint density at radius 1 is 0.500 bits per heavy atom. The number of benzene rings is 6. The summed E-state index contributed by atoms with van der Waals surface area (Å²) < 4.78 is 1.95. The van der Waals surface area contributed by atoms with Gasteiger partial charge in [-0.05, 0) is 51.2 Å². The van der Waals surface area contributed by atoms with E-state index in [9.17, 15) is 0 Å². The molecule has 7 aromatic rings. The number of hydrogen-bond acceptors (Lipinski definition) is 1. The highest BCUT2D eigenvalue weighted by atomic mass is 15.1. The van der Waals surface area contributed by atoms with Crippen LogP contribution in [0.4, 0.5) is 0 Å². The van der Waals surface area contributed by atoms with Gasteiger partial charge in [-0.15, -0.1) is 16.4 Å². The Kier molecular flexibility index (Phi) is 6.81. The van der Waals surface area contributed by atoms with Gasteiger partial charge in [0.2, 0.25) is 0 Å². The van der Waals surface area contributed by atoms with Crippen LogP contribution >= 0.6 is 0 Å². The fourth-order valence-electron chi connectivity index (χ4n) is 6.17. The largest absolute Gasteiger partial charge is 0.296 e. The van der Waals surface area contributed by atoms with Crippen molar-refractivity contribution in [3.8, 4) is 27.9 Å². The van der Waals surface area contributed by atoms with Crippen LogP contribution in [0.25, 0.3) is 60.5 Å². The molecule has 10 heteroatoms. The van der Waals surface area contributed by atoms with Gasteiger partial charge in [0.05, 0.1) is 46.1 Å². The van der Waals surface area contributed by atoms with Gasteiger partial charge < -0.3 is 0 Å². The zero-order chi connectivity index (χ0) is 30.9. The first-order valence-electron chi connectivity index (χ1n) is 14.0. The molecule has 2 nitrogen and oxygen atoms in total. The minimum absolute atomic E-state index is 0.163. The first-order valence-corrected chi connectivity index (χ1v) is 14.0. The highest BCUT2D eigenvalue weighted by molar-refractivity contribution is 6.68. The molecule has 7 rings (SSSR count). The van der Waals surface area contributed by atoms with Gasteiger partial charge in [0, 0.05) is 10.8 Å². The first-order chi connectivity index (χ1) is 21.1. The van der Waals surface area contributed by atoms with Crippen LogP contribution in [-0.4, -0.2) is 72.3 Å². The highest BCUT2D eigenvalue weighted by Gasteiger charge is 2.26. The predicted octanol–water partition coefficient (Wildman–Crippen LogP) is 1.25. The minimum atomic E-state index is -1.73. The Labute approximate surface area is 267 Å². The molecule has 1 aromatic heterocycles. The topological polar surface area (TPSA) is 17.8 Å². The maximum Gasteiger partial charge on any atom is 0.113 e. The number of rotatable bonds is 4. The van der Waals surface area contributed by atoms with E-state index in [4.69, 9.17) is 67.8 Å². The second-order valence-corrected chi connectivity index (χ2v) is 11.0. The van der Waals surface area contributed by atoms with Gasteiger partial charge in [-0.2, -0.15) is 0 Å². The molecule has 0 spiro atoms. The smallest absolute Gasteiger partial charge is 0.113 e. The maximum atomic E-state index is 6.51. The van der Waals surface area contributed by atoms with E-state index in [0.29, 0.717) is 16.9 Å². The molecule has 0 bridgehead atoms. The molecule has 44 heavy (non-hydrogen) atoms. The fourth-order valence-corrected chi connectivity index (χ4v) is 6.17. The lowest BCUT2D eigenvalue weighted by Gasteiger charge is -2.26. The zero-order valence-corrected chi connectivity index (χ0v) is 23.8. The molecule has 1 heterocycles. The predicted molar refractivity (Wildman–Crippen MR) is 193 cm³/mol. The van der Waals surface area contributed by atoms with E-state index in [1.165, 1.54) is 0 Å². The number of para-hydroxylation sites is 2. The lowest BCUT2D eigenvalue weighted by Crippen LogP contribution is -2.55. The molecule has 0 N–H and O–H groups in total. The summed E-state index contributed by atoms with van der Waals surface area (Å²) in [6.45, 7) is 0. The third-order valence-corrected chi connectivity index (χ3v) is 8.22. The molecule has 6 aromatic carbocycles. The molecule has 0 fully saturated rings. The van der Waals surface area contributed by atoms with Crippen molar-refractivity contribution in [2.75, 3.05) is 0 Å². The molecule has 0 aliphatic rings. The molecule has 0 saturated carbocycles. The van der Waals surface area contributed by atoms with Gasteiger partial charge in [0.15, 0.2) is 0 Å².